The molecular formula is C14H16F3N3O. The molecule has 114 valence electrons. The van der Waals surface area contributed by atoms with Gasteiger partial charge in [0.15, 0.2) is 0 Å². The van der Waals surface area contributed by atoms with E-state index in [2.05, 4.69) is 5.32 Å². The van der Waals surface area contributed by atoms with Gasteiger partial charge in [-0.05, 0) is 23.6 Å². The van der Waals surface area contributed by atoms with Crippen molar-refractivity contribution in [2.24, 2.45) is 11.1 Å². The molecule has 1 aromatic carbocycles. The maximum absolute atomic E-state index is 12.8. The summed E-state index contributed by atoms with van der Waals surface area (Å²) in [5.74, 6) is -0.583. The van der Waals surface area contributed by atoms with Crippen LogP contribution in [0.2, 0.25) is 0 Å². The molecule has 0 heterocycles. The van der Waals surface area contributed by atoms with E-state index >= 15 is 0 Å². The topological polar surface area (TPSA) is 78.9 Å². The van der Waals surface area contributed by atoms with Crippen LogP contribution in [0, 0.1) is 16.7 Å². The number of anilines is 1. The number of halogens is 3. The normalized spacial score (nSPS) is 13.4. The fourth-order valence-electron chi connectivity index (χ4n) is 1.57. The molecule has 1 unspecified atom stereocenters. The molecule has 0 aliphatic heterocycles. The second-order valence-corrected chi connectivity index (χ2v) is 5.70. The van der Waals surface area contributed by atoms with Gasteiger partial charge in [-0.15, -0.1) is 0 Å². The first kappa shape index (κ1) is 17.0. The highest BCUT2D eigenvalue weighted by Crippen LogP contribution is 2.33. The Morgan fingerprint density at radius 1 is 1.33 bits per heavy atom. The lowest BCUT2D eigenvalue weighted by molar-refractivity contribution is -0.137. The second kappa shape index (κ2) is 5.74. The number of nitriles is 1. The summed E-state index contributed by atoms with van der Waals surface area (Å²) < 4.78 is 38.4. The molecule has 7 heteroatoms. The highest BCUT2D eigenvalue weighted by atomic mass is 19.4. The van der Waals surface area contributed by atoms with E-state index in [4.69, 9.17) is 11.0 Å². The summed E-state index contributed by atoms with van der Waals surface area (Å²) in [6, 6.07) is 3.58. The number of carbonyl (C=O) groups is 1. The van der Waals surface area contributed by atoms with Crippen LogP contribution in [0.15, 0.2) is 18.2 Å². The van der Waals surface area contributed by atoms with Gasteiger partial charge in [0.05, 0.1) is 23.2 Å². The van der Waals surface area contributed by atoms with Crippen LogP contribution in [-0.2, 0) is 11.0 Å². The molecule has 0 bridgehead atoms. The minimum Gasteiger partial charge on any atom is -0.325 e. The Morgan fingerprint density at radius 3 is 2.33 bits per heavy atom. The molecule has 0 aromatic heterocycles. The minimum absolute atomic E-state index is 0.0500. The van der Waals surface area contributed by atoms with Gasteiger partial charge in [-0.3, -0.25) is 4.79 Å². The Labute approximate surface area is 120 Å². The molecule has 4 nitrogen and oxygen atoms in total. The Balaban J connectivity index is 3.07. The second-order valence-electron chi connectivity index (χ2n) is 5.70. The predicted molar refractivity (Wildman–Crippen MR) is 72.2 cm³/mol. The van der Waals surface area contributed by atoms with E-state index in [1.54, 1.807) is 20.8 Å². The standard InChI is InChI=1S/C14H16F3N3O/c1-13(2,3)11(19)12(21)20-9-5-4-8(7-18)10(6-9)14(15,16)17/h4-6,11H,19H2,1-3H3,(H,20,21). The lowest BCUT2D eigenvalue weighted by atomic mass is 9.87. The Bertz CT molecular complexity index is 583. The summed E-state index contributed by atoms with van der Waals surface area (Å²) in [5, 5.41) is 11.0. The van der Waals surface area contributed by atoms with Crippen molar-refractivity contribution in [2.45, 2.75) is 33.0 Å². The Hall–Kier alpha value is -2.07. The first-order valence-corrected chi connectivity index (χ1v) is 6.14. The quantitative estimate of drug-likeness (QED) is 0.881. The van der Waals surface area contributed by atoms with Crippen LogP contribution in [0.5, 0.6) is 0 Å². The molecular weight excluding hydrogens is 283 g/mol. The van der Waals surface area contributed by atoms with Crippen LogP contribution in [0.4, 0.5) is 18.9 Å². The number of nitrogens with one attached hydrogen (secondary N) is 1. The fourth-order valence-corrected chi connectivity index (χ4v) is 1.57. The number of hydrogen-bond donors (Lipinski definition) is 2. The minimum atomic E-state index is -4.67. The van der Waals surface area contributed by atoms with Crippen molar-refractivity contribution in [2.75, 3.05) is 5.32 Å². The summed E-state index contributed by atoms with van der Waals surface area (Å²) >= 11 is 0. The van der Waals surface area contributed by atoms with Crippen molar-refractivity contribution < 1.29 is 18.0 Å². The van der Waals surface area contributed by atoms with Crippen LogP contribution >= 0.6 is 0 Å². The van der Waals surface area contributed by atoms with Gasteiger partial charge in [0, 0.05) is 5.69 Å². The van der Waals surface area contributed by atoms with Gasteiger partial charge in [-0.25, -0.2) is 0 Å². The summed E-state index contributed by atoms with van der Waals surface area (Å²) in [6.07, 6.45) is -4.67. The number of hydrogen-bond acceptors (Lipinski definition) is 3. The molecule has 1 rings (SSSR count). The highest BCUT2D eigenvalue weighted by molar-refractivity contribution is 5.95. The van der Waals surface area contributed by atoms with Crippen molar-refractivity contribution in [3.63, 3.8) is 0 Å². The SMILES string of the molecule is CC(C)(C)C(N)C(=O)Nc1ccc(C#N)c(C(F)(F)F)c1. The van der Waals surface area contributed by atoms with E-state index in [0.717, 1.165) is 12.1 Å². The molecule has 0 saturated carbocycles. The van der Waals surface area contributed by atoms with Crippen LogP contribution in [0.3, 0.4) is 0 Å². The van der Waals surface area contributed by atoms with E-state index in [1.807, 2.05) is 0 Å². The van der Waals surface area contributed by atoms with Crippen molar-refractivity contribution in [3.8, 4) is 6.07 Å². The van der Waals surface area contributed by atoms with Crippen LogP contribution in [0.25, 0.3) is 0 Å². The summed E-state index contributed by atoms with van der Waals surface area (Å²) in [7, 11) is 0. The third-order valence-corrected chi connectivity index (χ3v) is 2.93. The number of nitrogens with two attached hydrogens (primary N) is 1. The summed E-state index contributed by atoms with van der Waals surface area (Å²) in [5.41, 5.74) is 3.57. The number of alkyl halides is 3. The summed E-state index contributed by atoms with van der Waals surface area (Å²) in [6.45, 7) is 5.24. The fraction of sp³-hybridized carbons (Fsp3) is 0.429. The van der Waals surface area contributed by atoms with Gasteiger partial charge >= 0.3 is 6.18 Å². The molecule has 0 spiro atoms. The predicted octanol–water partition coefficient (Wildman–Crippen LogP) is 2.89. The van der Waals surface area contributed by atoms with Crippen LogP contribution < -0.4 is 11.1 Å². The van der Waals surface area contributed by atoms with Crippen molar-refractivity contribution in [3.05, 3.63) is 29.3 Å². The average molecular weight is 299 g/mol. The van der Waals surface area contributed by atoms with E-state index in [0.29, 0.717) is 0 Å². The van der Waals surface area contributed by atoms with Crippen molar-refractivity contribution >= 4 is 11.6 Å². The van der Waals surface area contributed by atoms with E-state index in [9.17, 15) is 18.0 Å². The third kappa shape index (κ3) is 4.20. The first-order valence-electron chi connectivity index (χ1n) is 6.14. The monoisotopic (exact) mass is 299 g/mol. The zero-order chi connectivity index (χ0) is 16.4. The molecule has 0 radical (unpaired) electrons. The van der Waals surface area contributed by atoms with Gasteiger partial charge in [0.1, 0.15) is 0 Å². The number of rotatable bonds is 2. The molecule has 21 heavy (non-hydrogen) atoms. The lowest BCUT2D eigenvalue weighted by Gasteiger charge is -2.26. The molecule has 1 aromatic rings. The number of carbonyl (C=O) groups excluding carboxylic acids is 1. The Kier molecular flexibility index (Phi) is 4.64. The zero-order valence-electron chi connectivity index (χ0n) is 11.9. The number of amides is 1. The molecule has 3 N–H and O–H groups in total. The maximum Gasteiger partial charge on any atom is 0.417 e. The largest absolute Gasteiger partial charge is 0.417 e. The highest BCUT2D eigenvalue weighted by Gasteiger charge is 2.34. The smallest absolute Gasteiger partial charge is 0.325 e. The molecule has 1 amide bonds. The van der Waals surface area contributed by atoms with Crippen LogP contribution in [-0.4, -0.2) is 11.9 Å². The van der Waals surface area contributed by atoms with E-state index in [-0.39, 0.29) is 5.69 Å². The van der Waals surface area contributed by atoms with Crippen molar-refractivity contribution in [1.29, 1.82) is 5.26 Å². The van der Waals surface area contributed by atoms with Gasteiger partial charge in [0.25, 0.3) is 0 Å². The molecule has 1 atom stereocenters. The van der Waals surface area contributed by atoms with Gasteiger partial charge in [0.2, 0.25) is 5.91 Å². The molecule has 0 aliphatic carbocycles. The number of nitrogens with zero attached hydrogens (tertiary/aromatic N) is 1. The third-order valence-electron chi connectivity index (χ3n) is 2.93. The van der Waals surface area contributed by atoms with Crippen molar-refractivity contribution in [1.82, 2.24) is 0 Å². The van der Waals surface area contributed by atoms with E-state index < -0.39 is 34.7 Å². The summed E-state index contributed by atoms with van der Waals surface area (Å²) in [4.78, 5) is 11.9. The Morgan fingerprint density at radius 2 is 1.90 bits per heavy atom. The van der Waals surface area contributed by atoms with E-state index in [1.165, 1.54) is 12.1 Å². The molecule has 0 fully saturated rings. The zero-order valence-corrected chi connectivity index (χ0v) is 11.9. The first-order chi connectivity index (χ1) is 9.46. The molecule has 0 saturated heterocycles. The number of benzene rings is 1. The lowest BCUT2D eigenvalue weighted by Crippen LogP contribution is -2.45. The van der Waals surface area contributed by atoms with Crippen LogP contribution in [0.1, 0.15) is 31.9 Å². The molecule has 0 aliphatic rings. The van der Waals surface area contributed by atoms with Gasteiger partial charge in [-0.2, -0.15) is 18.4 Å². The van der Waals surface area contributed by atoms with Gasteiger partial charge in [-0.1, -0.05) is 20.8 Å². The maximum atomic E-state index is 12.8. The average Bonchev–Trinajstić information content (AvgIpc) is 2.35. The van der Waals surface area contributed by atoms with Gasteiger partial charge < -0.3 is 11.1 Å².